The molecule has 12 heavy (non-hydrogen) atoms. The Morgan fingerprint density at radius 2 is 2.33 bits per heavy atom. The lowest BCUT2D eigenvalue weighted by Gasteiger charge is -2.23. The Labute approximate surface area is 74.4 Å². The van der Waals surface area contributed by atoms with Gasteiger partial charge in [0.25, 0.3) is 0 Å². The predicted octanol–water partition coefficient (Wildman–Crippen LogP) is 3.31. The van der Waals surface area contributed by atoms with Crippen molar-refractivity contribution in [3.63, 3.8) is 0 Å². The van der Waals surface area contributed by atoms with Gasteiger partial charge in [-0.1, -0.05) is 30.7 Å². The third-order valence-electron chi connectivity index (χ3n) is 4.70. The van der Waals surface area contributed by atoms with Crippen LogP contribution < -0.4 is 0 Å². The molecule has 1 saturated carbocycles. The van der Waals surface area contributed by atoms with Crippen molar-refractivity contribution in [2.75, 3.05) is 0 Å². The Morgan fingerprint density at radius 3 is 3.08 bits per heavy atom. The van der Waals surface area contributed by atoms with E-state index in [4.69, 9.17) is 0 Å². The number of allylic oxidation sites excluding steroid dienone is 4. The van der Waals surface area contributed by atoms with Crippen LogP contribution in [0.15, 0.2) is 23.8 Å². The average Bonchev–Trinajstić information content (AvgIpc) is 2.44. The Bertz CT molecular complexity index is 297. The van der Waals surface area contributed by atoms with Crippen molar-refractivity contribution in [2.45, 2.75) is 33.1 Å². The second-order valence-corrected chi connectivity index (χ2v) is 4.90. The molecular formula is C12H16. The van der Waals surface area contributed by atoms with E-state index in [1.165, 1.54) is 19.3 Å². The first-order valence-electron chi connectivity index (χ1n) is 5.07. The molecule has 0 aliphatic heterocycles. The summed E-state index contributed by atoms with van der Waals surface area (Å²) in [5.41, 5.74) is 2.83. The van der Waals surface area contributed by atoms with Gasteiger partial charge >= 0.3 is 0 Å². The number of fused-ring (bicyclic) bond motifs is 1. The third kappa shape index (κ3) is 0.460. The molecule has 0 aromatic carbocycles. The predicted molar refractivity (Wildman–Crippen MR) is 50.8 cm³/mol. The minimum Gasteiger partial charge on any atom is -0.0876 e. The highest BCUT2D eigenvalue weighted by molar-refractivity contribution is 5.46. The molecule has 3 atom stereocenters. The fraction of sp³-hybridized carbons (Fsp3) is 0.667. The first-order chi connectivity index (χ1) is 5.72. The number of hydrogen-bond acceptors (Lipinski definition) is 0. The van der Waals surface area contributed by atoms with Crippen LogP contribution in [0.1, 0.15) is 33.1 Å². The number of hydrogen-bond donors (Lipinski definition) is 0. The van der Waals surface area contributed by atoms with Crippen molar-refractivity contribution < 1.29 is 0 Å². The van der Waals surface area contributed by atoms with Crippen molar-refractivity contribution in [1.29, 1.82) is 0 Å². The molecule has 3 rings (SSSR count). The summed E-state index contributed by atoms with van der Waals surface area (Å²) >= 11 is 0. The van der Waals surface area contributed by atoms with E-state index in [2.05, 4.69) is 32.1 Å². The fourth-order valence-electron chi connectivity index (χ4n) is 3.92. The van der Waals surface area contributed by atoms with Gasteiger partial charge < -0.3 is 0 Å². The maximum absolute atomic E-state index is 2.50. The van der Waals surface area contributed by atoms with E-state index < -0.39 is 0 Å². The molecule has 0 heterocycles. The molecule has 0 aromatic heterocycles. The lowest BCUT2D eigenvalue weighted by atomic mass is 9.81. The number of rotatable bonds is 0. The van der Waals surface area contributed by atoms with E-state index in [1.54, 1.807) is 5.57 Å². The van der Waals surface area contributed by atoms with Gasteiger partial charge in [-0.3, -0.25) is 0 Å². The second kappa shape index (κ2) is 1.71. The summed E-state index contributed by atoms with van der Waals surface area (Å²) in [4.78, 5) is 0. The molecule has 1 fully saturated rings. The van der Waals surface area contributed by atoms with Crippen LogP contribution in [0.5, 0.6) is 0 Å². The smallest absolute Gasteiger partial charge is 0.0182 e. The minimum atomic E-state index is 0.533. The molecule has 0 bridgehead atoms. The van der Waals surface area contributed by atoms with E-state index in [1.807, 2.05) is 0 Å². The average molecular weight is 160 g/mol. The highest BCUT2D eigenvalue weighted by atomic mass is 14.8. The van der Waals surface area contributed by atoms with Crippen LogP contribution in [0.2, 0.25) is 0 Å². The third-order valence-corrected chi connectivity index (χ3v) is 4.70. The van der Waals surface area contributed by atoms with Crippen molar-refractivity contribution in [1.82, 2.24) is 0 Å². The summed E-state index contributed by atoms with van der Waals surface area (Å²) < 4.78 is 0. The van der Waals surface area contributed by atoms with E-state index in [-0.39, 0.29) is 0 Å². The SMILES string of the molecule is CC1=CC[C@H]2[C@]3(C)CCC=C[C@@]123. The zero-order valence-electron chi connectivity index (χ0n) is 7.93. The monoisotopic (exact) mass is 160 g/mol. The van der Waals surface area contributed by atoms with E-state index in [0.717, 1.165) is 5.92 Å². The summed E-state index contributed by atoms with van der Waals surface area (Å²) in [6.07, 6.45) is 11.4. The van der Waals surface area contributed by atoms with Crippen LogP contribution >= 0.6 is 0 Å². The summed E-state index contributed by atoms with van der Waals surface area (Å²) in [5, 5.41) is 0. The Hall–Kier alpha value is -0.520. The van der Waals surface area contributed by atoms with Crippen LogP contribution in [-0.2, 0) is 0 Å². The van der Waals surface area contributed by atoms with Crippen LogP contribution in [-0.4, -0.2) is 0 Å². The molecule has 0 radical (unpaired) electrons. The highest BCUT2D eigenvalue weighted by Gasteiger charge is 2.73. The molecule has 1 spiro atoms. The zero-order chi connectivity index (χ0) is 8.40. The van der Waals surface area contributed by atoms with Crippen molar-refractivity contribution in [2.24, 2.45) is 16.7 Å². The summed E-state index contributed by atoms with van der Waals surface area (Å²) in [6.45, 7) is 4.80. The van der Waals surface area contributed by atoms with Gasteiger partial charge in [-0.05, 0) is 37.5 Å². The maximum Gasteiger partial charge on any atom is 0.0182 e. The molecule has 0 nitrogen and oxygen atoms in total. The van der Waals surface area contributed by atoms with Crippen molar-refractivity contribution in [3.8, 4) is 0 Å². The molecule has 3 aliphatic carbocycles. The molecule has 0 aromatic rings. The summed E-state index contributed by atoms with van der Waals surface area (Å²) in [5.74, 6) is 0.962. The summed E-state index contributed by atoms with van der Waals surface area (Å²) in [6, 6.07) is 0. The van der Waals surface area contributed by atoms with Gasteiger partial charge in [-0.2, -0.15) is 0 Å². The second-order valence-electron chi connectivity index (χ2n) is 4.90. The van der Waals surface area contributed by atoms with E-state index >= 15 is 0 Å². The topological polar surface area (TPSA) is 0 Å². The quantitative estimate of drug-likeness (QED) is 0.477. The minimum absolute atomic E-state index is 0.533. The van der Waals surface area contributed by atoms with Crippen LogP contribution in [0.3, 0.4) is 0 Å². The molecule has 0 saturated heterocycles. The van der Waals surface area contributed by atoms with Crippen LogP contribution in [0.25, 0.3) is 0 Å². The van der Waals surface area contributed by atoms with Crippen molar-refractivity contribution in [3.05, 3.63) is 23.8 Å². The van der Waals surface area contributed by atoms with Gasteiger partial charge in [0, 0.05) is 5.41 Å². The fourth-order valence-corrected chi connectivity index (χ4v) is 3.92. The highest BCUT2D eigenvalue weighted by Crippen LogP contribution is 2.80. The Kier molecular flexibility index (Phi) is 0.988. The summed E-state index contributed by atoms with van der Waals surface area (Å²) in [7, 11) is 0. The molecule has 0 amide bonds. The molecule has 64 valence electrons. The zero-order valence-corrected chi connectivity index (χ0v) is 7.93. The van der Waals surface area contributed by atoms with E-state index in [0.29, 0.717) is 10.8 Å². The maximum atomic E-state index is 2.50. The standard InChI is InChI=1S/C12H16/c1-9-5-6-10-11(2)7-3-4-8-12(9,10)11/h4-5,8,10H,3,6-7H2,1-2H3/t10-,11-,12+/m0/s1. The largest absolute Gasteiger partial charge is 0.0876 e. The van der Waals surface area contributed by atoms with Gasteiger partial charge in [-0.15, -0.1) is 0 Å². The lowest BCUT2D eigenvalue weighted by molar-refractivity contribution is 0.404. The van der Waals surface area contributed by atoms with E-state index in [9.17, 15) is 0 Å². The molecule has 0 heteroatoms. The molecular weight excluding hydrogens is 144 g/mol. The lowest BCUT2D eigenvalue weighted by Crippen LogP contribution is -2.13. The first kappa shape index (κ1) is 6.94. The Morgan fingerprint density at radius 1 is 1.50 bits per heavy atom. The Balaban J connectivity index is 2.14. The van der Waals surface area contributed by atoms with Gasteiger partial charge in [0.05, 0.1) is 0 Å². The van der Waals surface area contributed by atoms with Crippen LogP contribution in [0.4, 0.5) is 0 Å². The molecule has 0 N–H and O–H groups in total. The first-order valence-corrected chi connectivity index (χ1v) is 5.07. The van der Waals surface area contributed by atoms with Gasteiger partial charge in [0.15, 0.2) is 0 Å². The molecule has 0 unspecified atom stereocenters. The van der Waals surface area contributed by atoms with Gasteiger partial charge in [-0.25, -0.2) is 0 Å². The van der Waals surface area contributed by atoms with Crippen LogP contribution in [0, 0.1) is 16.7 Å². The van der Waals surface area contributed by atoms with Gasteiger partial charge in [0.2, 0.25) is 0 Å². The van der Waals surface area contributed by atoms with Gasteiger partial charge in [0.1, 0.15) is 0 Å². The van der Waals surface area contributed by atoms with Crippen molar-refractivity contribution >= 4 is 0 Å². The normalized spacial score (nSPS) is 54.5. The molecule has 3 aliphatic rings.